The van der Waals surface area contributed by atoms with Crippen molar-refractivity contribution in [2.45, 2.75) is 33.4 Å². The molecule has 9 nitrogen and oxygen atoms in total. The fraction of sp³-hybridized carbons (Fsp3) is 0.429. The van der Waals surface area contributed by atoms with E-state index in [9.17, 15) is 14.4 Å². The van der Waals surface area contributed by atoms with E-state index in [0.717, 1.165) is 24.2 Å². The van der Waals surface area contributed by atoms with Crippen LogP contribution in [0.4, 0.5) is 5.69 Å². The number of likely N-dealkylation sites (N-methyl/N-ethyl adjacent to an activating group) is 1. The number of aryl methyl sites for hydroxylation is 2. The standard InChI is InChI=1S/C28H35N5O4/c1-5-32-25-12-11-21(17-23(25)29-20(2)27(32)35)28(36)31-16-15-30(3)13-8-14-33(26(34)19-37-4)24-10-7-6-9-22(24)18-31/h6-7,9-12,17H,5,8,13-16,18-19H2,1-4H3. The van der Waals surface area contributed by atoms with Crippen LogP contribution in [0.1, 0.15) is 35.0 Å². The predicted molar refractivity (Wildman–Crippen MR) is 144 cm³/mol. The van der Waals surface area contributed by atoms with Gasteiger partial charge in [-0.15, -0.1) is 0 Å². The van der Waals surface area contributed by atoms with Crippen LogP contribution in [0.5, 0.6) is 0 Å². The van der Waals surface area contributed by atoms with Gasteiger partial charge < -0.3 is 24.0 Å². The van der Waals surface area contributed by atoms with Crippen molar-refractivity contribution in [2.75, 3.05) is 51.8 Å². The van der Waals surface area contributed by atoms with E-state index in [0.29, 0.717) is 55.0 Å². The Morgan fingerprint density at radius 2 is 1.84 bits per heavy atom. The van der Waals surface area contributed by atoms with E-state index in [1.54, 1.807) is 34.6 Å². The molecule has 9 heteroatoms. The summed E-state index contributed by atoms with van der Waals surface area (Å²) in [6, 6.07) is 13.1. The maximum absolute atomic E-state index is 13.8. The van der Waals surface area contributed by atoms with Crippen molar-refractivity contribution < 1.29 is 14.3 Å². The predicted octanol–water partition coefficient (Wildman–Crippen LogP) is 2.68. The normalized spacial score (nSPS) is 15.4. The Labute approximate surface area is 217 Å². The molecule has 196 valence electrons. The molecule has 2 amide bonds. The number of carbonyl (C=O) groups is 2. The largest absolute Gasteiger partial charge is 0.375 e. The smallest absolute Gasteiger partial charge is 0.272 e. The molecule has 0 saturated heterocycles. The van der Waals surface area contributed by atoms with Gasteiger partial charge in [-0.25, -0.2) is 4.98 Å². The van der Waals surface area contributed by atoms with Gasteiger partial charge in [-0.3, -0.25) is 14.4 Å². The third-order valence-corrected chi connectivity index (χ3v) is 6.85. The second kappa shape index (κ2) is 11.7. The van der Waals surface area contributed by atoms with Crippen molar-refractivity contribution in [1.29, 1.82) is 0 Å². The number of hydrogen-bond acceptors (Lipinski definition) is 6. The van der Waals surface area contributed by atoms with Crippen LogP contribution >= 0.6 is 0 Å². The summed E-state index contributed by atoms with van der Waals surface area (Å²) in [5.74, 6) is -0.222. The molecule has 1 aliphatic heterocycles. The van der Waals surface area contributed by atoms with Gasteiger partial charge in [-0.2, -0.15) is 0 Å². The maximum atomic E-state index is 13.8. The van der Waals surface area contributed by atoms with E-state index in [1.807, 2.05) is 43.1 Å². The first-order valence-corrected chi connectivity index (χ1v) is 12.7. The molecular weight excluding hydrogens is 470 g/mol. The number of para-hydroxylation sites is 1. The molecule has 1 aromatic heterocycles. The Morgan fingerprint density at radius 1 is 1.05 bits per heavy atom. The molecule has 2 aromatic carbocycles. The Hall–Kier alpha value is -3.56. The van der Waals surface area contributed by atoms with Gasteiger partial charge in [0.25, 0.3) is 17.4 Å². The lowest BCUT2D eigenvalue weighted by atomic mass is 10.1. The third-order valence-electron chi connectivity index (χ3n) is 6.85. The van der Waals surface area contributed by atoms with Gasteiger partial charge in [0.05, 0.1) is 11.0 Å². The fourth-order valence-electron chi connectivity index (χ4n) is 4.85. The first-order valence-electron chi connectivity index (χ1n) is 12.7. The first-order chi connectivity index (χ1) is 17.8. The van der Waals surface area contributed by atoms with Gasteiger partial charge in [0.1, 0.15) is 12.3 Å². The van der Waals surface area contributed by atoms with Crippen LogP contribution in [0.25, 0.3) is 11.0 Å². The van der Waals surface area contributed by atoms with Crippen LogP contribution in [0.15, 0.2) is 47.3 Å². The molecule has 0 atom stereocenters. The van der Waals surface area contributed by atoms with Crippen molar-refractivity contribution in [3.63, 3.8) is 0 Å². The summed E-state index contributed by atoms with van der Waals surface area (Å²) in [5, 5.41) is 0. The Kier molecular flexibility index (Phi) is 8.35. The molecule has 0 aliphatic carbocycles. The molecule has 3 aromatic rings. The third kappa shape index (κ3) is 5.73. The number of fused-ring (bicyclic) bond motifs is 2. The van der Waals surface area contributed by atoms with Crippen molar-refractivity contribution in [1.82, 2.24) is 19.4 Å². The van der Waals surface area contributed by atoms with Gasteiger partial charge in [0.15, 0.2) is 0 Å². The number of amides is 2. The monoisotopic (exact) mass is 505 g/mol. The number of benzene rings is 2. The molecule has 4 rings (SSSR count). The van der Waals surface area contributed by atoms with Crippen LogP contribution in [-0.2, 0) is 22.6 Å². The zero-order valence-corrected chi connectivity index (χ0v) is 22.1. The number of anilines is 1. The molecule has 37 heavy (non-hydrogen) atoms. The van der Waals surface area contributed by atoms with E-state index in [-0.39, 0.29) is 24.0 Å². The lowest BCUT2D eigenvalue weighted by Gasteiger charge is -2.28. The minimum atomic E-state index is -0.118. The van der Waals surface area contributed by atoms with Crippen molar-refractivity contribution in [2.24, 2.45) is 0 Å². The van der Waals surface area contributed by atoms with Crippen LogP contribution in [0.2, 0.25) is 0 Å². The summed E-state index contributed by atoms with van der Waals surface area (Å²) in [4.78, 5) is 49.5. The Balaban J connectivity index is 1.73. The van der Waals surface area contributed by atoms with Gasteiger partial charge in [-0.05, 0) is 63.7 Å². The van der Waals surface area contributed by atoms with Crippen molar-refractivity contribution >= 4 is 28.5 Å². The number of hydrogen-bond donors (Lipinski definition) is 0. The quantitative estimate of drug-likeness (QED) is 0.542. The molecule has 1 aliphatic rings. The van der Waals surface area contributed by atoms with E-state index in [1.165, 1.54) is 7.11 Å². The van der Waals surface area contributed by atoms with Crippen LogP contribution in [0, 0.1) is 6.92 Å². The van der Waals surface area contributed by atoms with E-state index in [2.05, 4.69) is 9.88 Å². The number of ether oxygens (including phenoxy) is 1. The van der Waals surface area contributed by atoms with Crippen LogP contribution in [-0.4, -0.2) is 78.1 Å². The minimum absolute atomic E-state index is 0.000834. The lowest BCUT2D eigenvalue weighted by molar-refractivity contribution is -0.122. The molecule has 0 radical (unpaired) electrons. The van der Waals surface area contributed by atoms with Crippen molar-refractivity contribution in [3.05, 3.63) is 69.6 Å². The number of carbonyl (C=O) groups excluding carboxylic acids is 2. The highest BCUT2D eigenvalue weighted by atomic mass is 16.5. The van der Waals surface area contributed by atoms with E-state index in [4.69, 9.17) is 4.74 Å². The minimum Gasteiger partial charge on any atom is -0.375 e. The second-order valence-electron chi connectivity index (χ2n) is 9.44. The lowest BCUT2D eigenvalue weighted by Crippen LogP contribution is -2.37. The summed E-state index contributed by atoms with van der Waals surface area (Å²) in [6.07, 6.45) is 0.809. The van der Waals surface area contributed by atoms with Gasteiger partial charge in [0.2, 0.25) is 0 Å². The van der Waals surface area contributed by atoms with E-state index < -0.39 is 0 Å². The fourth-order valence-corrected chi connectivity index (χ4v) is 4.85. The highest BCUT2D eigenvalue weighted by Crippen LogP contribution is 2.25. The second-order valence-corrected chi connectivity index (χ2v) is 9.44. The molecule has 0 saturated carbocycles. The molecule has 0 spiro atoms. The maximum Gasteiger partial charge on any atom is 0.272 e. The van der Waals surface area contributed by atoms with Gasteiger partial charge in [-0.1, -0.05) is 18.2 Å². The molecule has 0 unspecified atom stereocenters. The molecule has 2 heterocycles. The summed E-state index contributed by atoms with van der Waals surface area (Å²) < 4.78 is 6.81. The summed E-state index contributed by atoms with van der Waals surface area (Å²) in [7, 11) is 3.55. The molecule has 0 bridgehead atoms. The zero-order chi connectivity index (χ0) is 26.5. The highest BCUT2D eigenvalue weighted by Gasteiger charge is 2.24. The summed E-state index contributed by atoms with van der Waals surface area (Å²) in [6.45, 7) is 7.12. The van der Waals surface area contributed by atoms with Crippen LogP contribution < -0.4 is 10.5 Å². The Bertz CT molecular complexity index is 1350. The Morgan fingerprint density at radius 3 is 2.59 bits per heavy atom. The zero-order valence-electron chi connectivity index (χ0n) is 22.1. The number of rotatable bonds is 4. The topological polar surface area (TPSA) is 88.0 Å². The van der Waals surface area contributed by atoms with Gasteiger partial charge in [0, 0.05) is 51.1 Å². The van der Waals surface area contributed by atoms with Gasteiger partial charge >= 0.3 is 0 Å². The molecule has 0 fully saturated rings. The highest BCUT2D eigenvalue weighted by molar-refractivity contribution is 5.98. The number of aromatic nitrogens is 2. The first kappa shape index (κ1) is 26.5. The summed E-state index contributed by atoms with van der Waals surface area (Å²) in [5.41, 5.74) is 3.84. The average molecular weight is 506 g/mol. The summed E-state index contributed by atoms with van der Waals surface area (Å²) >= 11 is 0. The van der Waals surface area contributed by atoms with Crippen LogP contribution in [0.3, 0.4) is 0 Å². The van der Waals surface area contributed by atoms with Crippen molar-refractivity contribution in [3.8, 4) is 0 Å². The molecule has 0 N–H and O–H groups in total. The average Bonchev–Trinajstić information content (AvgIpc) is 2.92. The SMILES string of the molecule is CCn1c(=O)c(C)nc2cc(C(=O)N3CCN(C)CCCN(C(=O)COC)c4ccccc4C3)ccc21. The van der Waals surface area contributed by atoms with E-state index >= 15 is 0 Å². The number of nitrogens with zero attached hydrogens (tertiary/aromatic N) is 5. The number of methoxy groups -OCH3 is 1. The molecular formula is C28H35N5O4.